The molecule has 0 saturated carbocycles. The quantitative estimate of drug-likeness (QED) is 0.877. The van der Waals surface area contributed by atoms with Crippen molar-refractivity contribution in [2.45, 2.75) is 13.0 Å². The number of para-hydroxylation sites is 1. The standard InChI is InChI=1S/C18H17FN2O/c1-2-18(22)21-10-9-13-7-8-15(11-14(13)12-21)20-17-6-4-3-5-16(17)19/h2-8,11,20H,1,9-10,12H2. The summed E-state index contributed by atoms with van der Waals surface area (Å²) >= 11 is 0. The van der Waals surface area contributed by atoms with Crippen molar-refractivity contribution in [2.24, 2.45) is 0 Å². The molecule has 1 N–H and O–H groups in total. The van der Waals surface area contributed by atoms with E-state index in [-0.39, 0.29) is 11.7 Å². The molecule has 0 aromatic heterocycles. The number of benzene rings is 2. The van der Waals surface area contributed by atoms with E-state index < -0.39 is 0 Å². The second-order valence-corrected chi connectivity index (χ2v) is 5.30. The van der Waals surface area contributed by atoms with Crippen LogP contribution < -0.4 is 5.32 Å². The molecule has 2 aromatic carbocycles. The van der Waals surface area contributed by atoms with E-state index in [0.29, 0.717) is 18.8 Å². The lowest BCUT2D eigenvalue weighted by atomic mass is 9.99. The molecule has 3 rings (SSSR count). The fourth-order valence-corrected chi connectivity index (χ4v) is 2.67. The summed E-state index contributed by atoms with van der Waals surface area (Å²) in [6.45, 7) is 4.80. The second kappa shape index (κ2) is 6.02. The van der Waals surface area contributed by atoms with Crippen LogP contribution in [0.1, 0.15) is 11.1 Å². The lowest BCUT2D eigenvalue weighted by Gasteiger charge is -2.28. The topological polar surface area (TPSA) is 32.3 Å². The maximum atomic E-state index is 13.7. The van der Waals surface area contributed by atoms with Gasteiger partial charge in [0.05, 0.1) is 5.69 Å². The number of halogens is 1. The van der Waals surface area contributed by atoms with Gasteiger partial charge in [-0.2, -0.15) is 0 Å². The molecule has 2 aromatic rings. The number of nitrogens with one attached hydrogen (secondary N) is 1. The van der Waals surface area contributed by atoms with E-state index in [1.807, 2.05) is 18.2 Å². The Morgan fingerprint density at radius 1 is 1.23 bits per heavy atom. The summed E-state index contributed by atoms with van der Waals surface area (Å²) in [5, 5.41) is 3.08. The number of carbonyl (C=O) groups excluding carboxylic acids is 1. The van der Waals surface area contributed by atoms with Crippen molar-refractivity contribution in [3.05, 3.63) is 72.1 Å². The largest absolute Gasteiger partial charge is 0.353 e. The monoisotopic (exact) mass is 296 g/mol. The van der Waals surface area contributed by atoms with Gasteiger partial charge in [0.25, 0.3) is 0 Å². The SMILES string of the molecule is C=CC(=O)N1CCc2ccc(Nc3ccccc3F)cc2C1. The maximum Gasteiger partial charge on any atom is 0.246 e. The van der Waals surface area contributed by atoms with Gasteiger partial charge in [-0.1, -0.05) is 24.8 Å². The zero-order valence-electron chi connectivity index (χ0n) is 12.2. The van der Waals surface area contributed by atoms with Crippen LogP contribution in [0.15, 0.2) is 55.1 Å². The molecule has 0 aliphatic carbocycles. The number of fused-ring (bicyclic) bond motifs is 1. The van der Waals surface area contributed by atoms with Crippen molar-refractivity contribution in [3.8, 4) is 0 Å². The molecule has 0 radical (unpaired) electrons. The van der Waals surface area contributed by atoms with E-state index in [1.54, 1.807) is 23.1 Å². The van der Waals surface area contributed by atoms with Gasteiger partial charge in [-0.05, 0) is 47.9 Å². The molecule has 0 fully saturated rings. The molecular formula is C18H17FN2O. The van der Waals surface area contributed by atoms with Gasteiger partial charge < -0.3 is 10.2 Å². The van der Waals surface area contributed by atoms with Crippen molar-refractivity contribution in [3.63, 3.8) is 0 Å². The van der Waals surface area contributed by atoms with Crippen LogP contribution in [0.3, 0.4) is 0 Å². The molecule has 22 heavy (non-hydrogen) atoms. The third-order valence-electron chi connectivity index (χ3n) is 3.86. The minimum absolute atomic E-state index is 0.0573. The van der Waals surface area contributed by atoms with Crippen molar-refractivity contribution < 1.29 is 9.18 Å². The molecule has 0 bridgehead atoms. The summed E-state index contributed by atoms with van der Waals surface area (Å²) in [5.74, 6) is -0.346. The number of nitrogens with zero attached hydrogens (tertiary/aromatic N) is 1. The summed E-state index contributed by atoms with van der Waals surface area (Å²) in [6, 6.07) is 12.5. The van der Waals surface area contributed by atoms with E-state index in [1.165, 1.54) is 17.7 Å². The molecule has 1 aliphatic heterocycles. The molecule has 1 heterocycles. The van der Waals surface area contributed by atoms with Gasteiger partial charge in [0.1, 0.15) is 5.82 Å². The first-order valence-corrected chi connectivity index (χ1v) is 7.22. The maximum absolute atomic E-state index is 13.7. The first-order valence-electron chi connectivity index (χ1n) is 7.22. The van der Waals surface area contributed by atoms with Gasteiger partial charge in [-0.15, -0.1) is 0 Å². The summed E-state index contributed by atoms with van der Waals surface area (Å²) in [6.07, 6.45) is 2.17. The first-order chi connectivity index (χ1) is 10.7. The van der Waals surface area contributed by atoms with Crippen molar-refractivity contribution in [1.82, 2.24) is 4.90 Å². The van der Waals surface area contributed by atoms with Crippen LogP contribution in [0.4, 0.5) is 15.8 Å². The molecule has 0 atom stereocenters. The average molecular weight is 296 g/mol. The first kappa shape index (κ1) is 14.3. The van der Waals surface area contributed by atoms with Crippen molar-refractivity contribution in [1.29, 1.82) is 0 Å². The minimum atomic E-state index is -0.288. The normalized spacial score (nSPS) is 13.4. The van der Waals surface area contributed by atoms with Gasteiger partial charge in [0.2, 0.25) is 5.91 Å². The third-order valence-corrected chi connectivity index (χ3v) is 3.86. The molecule has 3 nitrogen and oxygen atoms in total. The highest BCUT2D eigenvalue weighted by Crippen LogP contribution is 2.25. The number of carbonyl (C=O) groups is 1. The van der Waals surface area contributed by atoms with Crippen LogP contribution in [0.2, 0.25) is 0 Å². The van der Waals surface area contributed by atoms with E-state index in [9.17, 15) is 9.18 Å². The van der Waals surface area contributed by atoms with Crippen LogP contribution in [-0.2, 0) is 17.8 Å². The second-order valence-electron chi connectivity index (χ2n) is 5.30. The van der Waals surface area contributed by atoms with Crippen LogP contribution in [0, 0.1) is 5.82 Å². The highest BCUT2D eigenvalue weighted by atomic mass is 19.1. The molecule has 4 heteroatoms. The molecule has 0 spiro atoms. The minimum Gasteiger partial charge on any atom is -0.353 e. The molecule has 1 aliphatic rings. The van der Waals surface area contributed by atoms with E-state index in [2.05, 4.69) is 11.9 Å². The summed E-state index contributed by atoms with van der Waals surface area (Å²) in [5.41, 5.74) is 3.57. The zero-order valence-corrected chi connectivity index (χ0v) is 12.2. The lowest BCUT2D eigenvalue weighted by molar-refractivity contribution is -0.126. The predicted molar refractivity (Wildman–Crippen MR) is 85.4 cm³/mol. The number of rotatable bonds is 3. The number of amides is 1. The van der Waals surface area contributed by atoms with Gasteiger partial charge in [-0.25, -0.2) is 4.39 Å². The Bertz CT molecular complexity index is 727. The molecular weight excluding hydrogens is 279 g/mol. The fraction of sp³-hybridized carbons (Fsp3) is 0.167. The predicted octanol–water partition coefficient (Wildman–Crippen LogP) is 3.64. The molecule has 0 saturated heterocycles. The number of anilines is 2. The molecule has 0 unspecified atom stereocenters. The Kier molecular flexibility index (Phi) is 3.92. The number of hydrogen-bond acceptors (Lipinski definition) is 2. The van der Waals surface area contributed by atoms with Crippen LogP contribution in [0.5, 0.6) is 0 Å². The van der Waals surface area contributed by atoms with Crippen LogP contribution in [-0.4, -0.2) is 17.4 Å². The van der Waals surface area contributed by atoms with Crippen molar-refractivity contribution >= 4 is 17.3 Å². The molecule has 112 valence electrons. The van der Waals surface area contributed by atoms with Gasteiger partial charge >= 0.3 is 0 Å². The van der Waals surface area contributed by atoms with Gasteiger partial charge in [0, 0.05) is 18.8 Å². The number of hydrogen-bond donors (Lipinski definition) is 1. The smallest absolute Gasteiger partial charge is 0.246 e. The Labute approximate surface area is 129 Å². The summed E-state index contributed by atoms with van der Waals surface area (Å²) < 4.78 is 13.7. The van der Waals surface area contributed by atoms with Gasteiger partial charge in [-0.3, -0.25) is 4.79 Å². The lowest BCUT2D eigenvalue weighted by Crippen LogP contribution is -2.34. The highest BCUT2D eigenvalue weighted by molar-refractivity contribution is 5.87. The van der Waals surface area contributed by atoms with Crippen LogP contribution >= 0.6 is 0 Å². The summed E-state index contributed by atoms with van der Waals surface area (Å²) in [4.78, 5) is 13.5. The van der Waals surface area contributed by atoms with E-state index in [0.717, 1.165) is 17.7 Å². The Morgan fingerprint density at radius 2 is 2.05 bits per heavy atom. The average Bonchev–Trinajstić information content (AvgIpc) is 2.55. The van der Waals surface area contributed by atoms with E-state index >= 15 is 0 Å². The Morgan fingerprint density at radius 3 is 2.82 bits per heavy atom. The van der Waals surface area contributed by atoms with E-state index in [4.69, 9.17) is 0 Å². The zero-order chi connectivity index (χ0) is 15.5. The highest BCUT2D eigenvalue weighted by Gasteiger charge is 2.19. The van der Waals surface area contributed by atoms with Crippen LogP contribution in [0.25, 0.3) is 0 Å². The third kappa shape index (κ3) is 2.86. The fourth-order valence-electron chi connectivity index (χ4n) is 2.67. The molecule has 1 amide bonds. The Hall–Kier alpha value is -2.62. The van der Waals surface area contributed by atoms with Gasteiger partial charge in [0.15, 0.2) is 0 Å². The summed E-state index contributed by atoms with van der Waals surface area (Å²) in [7, 11) is 0. The van der Waals surface area contributed by atoms with Crippen molar-refractivity contribution in [2.75, 3.05) is 11.9 Å². The Balaban J connectivity index is 1.83.